The number of hydrogen-bond acceptors (Lipinski definition) is 1. The van der Waals surface area contributed by atoms with E-state index >= 15 is 0 Å². The smallest absolute Gasteiger partial charge is 0.0876 e. The summed E-state index contributed by atoms with van der Waals surface area (Å²) in [6.45, 7) is 3.61. The van der Waals surface area contributed by atoms with Crippen molar-refractivity contribution < 1.29 is 4.74 Å². The highest BCUT2D eigenvalue weighted by molar-refractivity contribution is 6.81. The Kier molecular flexibility index (Phi) is 1.20. The molecule has 0 amide bonds. The Balaban J connectivity index is 2.02. The van der Waals surface area contributed by atoms with Crippen LogP contribution in [0.25, 0.3) is 0 Å². The third kappa shape index (κ3) is 0.944. The highest BCUT2D eigenvalue weighted by atomic mass is 28.3. The van der Waals surface area contributed by atoms with Gasteiger partial charge in [0.05, 0.1) is 20.4 Å². The Labute approximate surface area is 57.4 Å². The van der Waals surface area contributed by atoms with Crippen LogP contribution >= 0.6 is 0 Å². The van der Waals surface area contributed by atoms with Crippen molar-refractivity contribution in [1.29, 1.82) is 0 Å². The summed E-state index contributed by atoms with van der Waals surface area (Å²) in [6, 6.07) is 3.08. The quantitative estimate of drug-likeness (QED) is 0.402. The highest BCUT2D eigenvalue weighted by Crippen LogP contribution is 2.38. The maximum Gasteiger partial charge on any atom is 0.0876 e. The fourth-order valence-electron chi connectivity index (χ4n) is 1.96. The van der Waals surface area contributed by atoms with E-state index in [1.807, 2.05) is 0 Å². The Bertz CT molecular complexity index is 114. The summed E-state index contributed by atoms with van der Waals surface area (Å²) in [5, 5.41) is 0. The maximum absolute atomic E-state index is 5.36. The van der Waals surface area contributed by atoms with Gasteiger partial charge in [0.25, 0.3) is 0 Å². The van der Waals surface area contributed by atoms with Gasteiger partial charge in [0.2, 0.25) is 0 Å². The minimum absolute atomic E-state index is 0.775. The van der Waals surface area contributed by atoms with Crippen LogP contribution in [0, 0.1) is 0 Å². The lowest BCUT2D eigenvalue weighted by Gasteiger charge is -2.16. The van der Waals surface area contributed by atoms with Crippen molar-refractivity contribution in [3.63, 3.8) is 0 Å². The van der Waals surface area contributed by atoms with Crippen molar-refractivity contribution in [1.82, 2.24) is 0 Å². The van der Waals surface area contributed by atoms with Gasteiger partial charge in [-0.15, -0.1) is 0 Å². The zero-order valence-corrected chi connectivity index (χ0v) is 7.02. The van der Waals surface area contributed by atoms with Crippen LogP contribution in [0.3, 0.4) is 0 Å². The van der Waals surface area contributed by atoms with Gasteiger partial charge in [-0.05, 0) is 0 Å². The second kappa shape index (κ2) is 1.83. The first-order valence-corrected chi connectivity index (χ1v) is 6.92. The van der Waals surface area contributed by atoms with Gasteiger partial charge in [0, 0.05) is 0 Å². The van der Waals surface area contributed by atoms with Gasteiger partial charge >= 0.3 is 0 Å². The van der Waals surface area contributed by atoms with Gasteiger partial charge in [0.15, 0.2) is 0 Å². The summed E-state index contributed by atoms with van der Waals surface area (Å²) in [7, 11) is -0.775. The van der Waals surface area contributed by atoms with Gasteiger partial charge in [-0.25, -0.2) is 0 Å². The van der Waals surface area contributed by atoms with Crippen molar-refractivity contribution >= 4 is 8.07 Å². The number of epoxide rings is 1. The van der Waals surface area contributed by atoms with Crippen LogP contribution in [-0.4, -0.2) is 20.4 Å². The average Bonchev–Trinajstić information content (AvgIpc) is 2.60. The van der Waals surface area contributed by atoms with Crippen molar-refractivity contribution in [3.8, 4) is 0 Å². The number of hydrogen-bond donors (Lipinski definition) is 0. The molecule has 0 aromatic rings. The molecule has 0 N–H and O–H groups in total. The SMILES string of the molecule is C[Si]1(C2CO2)CCCC1. The molecule has 2 rings (SSSR count). The van der Waals surface area contributed by atoms with E-state index in [0.717, 1.165) is 12.3 Å². The van der Waals surface area contributed by atoms with Crippen LogP contribution in [0.2, 0.25) is 18.6 Å². The van der Waals surface area contributed by atoms with E-state index in [2.05, 4.69) is 6.55 Å². The van der Waals surface area contributed by atoms with Gasteiger partial charge in [-0.3, -0.25) is 0 Å². The minimum Gasteiger partial charge on any atom is -0.377 e. The minimum atomic E-state index is -0.775. The van der Waals surface area contributed by atoms with Gasteiger partial charge < -0.3 is 4.74 Å². The van der Waals surface area contributed by atoms with Crippen LogP contribution < -0.4 is 0 Å². The summed E-state index contributed by atoms with van der Waals surface area (Å²) in [4.78, 5) is 0. The summed E-state index contributed by atoms with van der Waals surface area (Å²) < 4.78 is 5.36. The lowest BCUT2D eigenvalue weighted by atomic mass is 10.4. The Morgan fingerprint density at radius 1 is 1.33 bits per heavy atom. The highest BCUT2D eigenvalue weighted by Gasteiger charge is 2.46. The molecule has 1 nitrogen and oxygen atoms in total. The van der Waals surface area contributed by atoms with Crippen molar-refractivity contribution in [2.24, 2.45) is 0 Å². The molecule has 0 aromatic heterocycles. The molecule has 0 aliphatic carbocycles. The van der Waals surface area contributed by atoms with E-state index in [0.29, 0.717) is 0 Å². The van der Waals surface area contributed by atoms with Gasteiger partial charge in [-0.1, -0.05) is 31.5 Å². The number of rotatable bonds is 1. The third-order valence-electron chi connectivity index (χ3n) is 2.86. The molecule has 2 saturated heterocycles. The predicted octanol–water partition coefficient (Wildman–Crippen LogP) is 1.80. The first-order chi connectivity index (χ1) is 4.31. The van der Waals surface area contributed by atoms with Crippen molar-refractivity contribution in [3.05, 3.63) is 0 Å². The molecular formula is C7H14OSi. The molecule has 0 aromatic carbocycles. The van der Waals surface area contributed by atoms with Crippen LogP contribution in [0.4, 0.5) is 0 Å². The van der Waals surface area contributed by atoms with Crippen molar-refractivity contribution in [2.45, 2.75) is 37.2 Å². The molecule has 2 fully saturated rings. The lowest BCUT2D eigenvalue weighted by Crippen LogP contribution is -2.33. The molecule has 0 bridgehead atoms. The largest absolute Gasteiger partial charge is 0.377 e. The molecule has 1 unspecified atom stereocenters. The Morgan fingerprint density at radius 2 is 1.89 bits per heavy atom. The van der Waals surface area contributed by atoms with Crippen LogP contribution in [0.5, 0.6) is 0 Å². The first-order valence-electron chi connectivity index (χ1n) is 3.93. The Morgan fingerprint density at radius 3 is 2.33 bits per heavy atom. The molecule has 0 saturated carbocycles. The number of ether oxygens (including phenoxy) is 1. The summed E-state index contributed by atoms with van der Waals surface area (Å²) in [5.74, 6) is 0. The summed E-state index contributed by atoms with van der Waals surface area (Å²) in [5.41, 5.74) is 0.778. The molecular weight excluding hydrogens is 128 g/mol. The van der Waals surface area contributed by atoms with E-state index in [9.17, 15) is 0 Å². The summed E-state index contributed by atoms with van der Waals surface area (Å²) >= 11 is 0. The second-order valence-corrected chi connectivity index (χ2v) is 8.64. The first kappa shape index (κ1) is 5.92. The molecule has 2 aliphatic rings. The van der Waals surface area contributed by atoms with Crippen LogP contribution in [0.1, 0.15) is 12.8 Å². The standard InChI is InChI=1S/C7H14OSi/c1-9(7-6-8-7)4-2-3-5-9/h7H,2-6H2,1H3. The summed E-state index contributed by atoms with van der Waals surface area (Å²) in [6.07, 6.45) is 2.98. The fraction of sp³-hybridized carbons (Fsp3) is 1.00. The van der Waals surface area contributed by atoms with Gasteiger partial charge in [-0.2, -0.15) is 0 Å². The average molecular weight is 142 g/mol. The van der Waals surface area contributed by atoms with E-state index in [1.54, 1.807) is 0 Å². The van der Waals surface area contributed by atoms with E-state index in [-0.39, 0.29) is 0 Å². The molecule has 0 radical (unpaired) electrons. The van der Waals surface area contributed by atoms with Crippen LogP contribution in [-0.2, 0) is 4.74 Å². The molecule has 2 heterocycles. The molecule has 0 spiro atoms. The Hall–Kier alpha value is 0.177. The van der Waals surface area contributed by atoms with E-state index in [1.165, 1.54) is 24.9 Å². The topological polar surface area (TPSA) is 12.5 Å². The van der Waals surface area contributed by atoms with Crippen LogP contribution in [0.15, 0.2) is 0 Å². The van der Waals surface area contributed by atoms with Gasteiger partial charge in [0.1, 0.15) is 0 Å². The molecule has 2 aliphatic heterocycles. The fourth-order valence-corrected chi connectivity index (χ4v) is 5.87. The maximum atomic E-state index is 5.36. The second-order valence-electron chi connectivity index (χ2n) is 3.68. The van der Waals surface area contributed by atoms with E-state index in [4.69, 9.17) is 4.74 Å². The molecule has 9 heavy (non-hydrogen) atoms. The zero-order valence-electron chi connectivity index (χ0n) is 6.02. The van der Waals surface area contributed by atoms with E-state index < -0.39 is 8.07 Å². The normalized spacial score (nSPS) is 39.0. The monoisotopic (exact) mass is 142 g/mol. The predicted molar refractivity (Wildman–Crippen MR) is 40.2 cm³/mol. The lowest BCUT2D eigenvalue weighted by molar-refractivity contribution is 0.449. The van der Waals surface area contributed by atoms with Crippen molar-refractivity contribution in [2.75, 3.05) is 6.61 Å². The third-order valence-corrected chi connectivity index (χ3v) is 7.74. The zero-order chi connectivity index (χ0) is 6.32. The molecule has 2 heteroatoms. The molecule has 52 valence electrons. The molecule has 1 atom stereocenters.